The Morgan fingerprint density at radius 1 is 0.950 bits per heavy atom. The number of aryl methyl sites for hydroxylation is 1. The average Bonchev–Trinajstić information content (AvgIpc) is 2.48. The third-order valence-electron chi connectivity index (χ3n) is 3.25. The van der Waals surface area contributed by atoms with E-state index in [1.165, 1.54) is 17.5 Å². The van der Waals surface area contributed by atoms with Crippen molar-refractivity contribution in [1.82, 2.24) is 0 Å². The molecule has 0 aliphatic carbocycles. The van der Waals surface area contributed by atoms with Crippen LogP contribution in [0.2, 0.25) is 0 Å². The van der Waals surface area contributed by atoms with Crippen molar-refractivity contribution in [3.05, 3.63) is 59.7 Å². The molecule has 0 aliphatic rings. The molecule has 0 radical (unpaired) electrons. The molecule has 2 aromatic rings. The van der Waals surface area contributed by atoms with E-state index in [2.05, 4.69) is 42.6 Å². The molecule has 1 N–H and O–H groups in total. The minimum Gasteiger partial charge on any atom is -0.494 e. The molecule has 0 bridgehead atoms. The number of rotatable bonds is 7. The number of anilines is 1. The summed E-state index contributed by atoms with van der Waals surface area (Å²) in [5.41, 5.74) is 3.73. The fourth-order valence-corrected chi connectivity index (χ4v) is 2.22. The Morgan fingerprint density at radius 2 is 1.70 bits per heavy atom. The molecule has 20 heavy (non-hydrogen) atoms. The van der Waals surface area contributed by atoms with E-state index >= 15 is 0 Å². The Labute approximate surface area is 121 Å². The zero-order valence-corrected chi connectivity index (χ0v) is 12.4. The predicted octanol–water partition coefficient (Wildman–Crippen LogP) is 4.65. The molecule has 0 heterocycles. The Bertz CT molecular complexity index is 519. The molecule has 0 unspecified atom stereocenters. The first-order valence-corrected chi connectivity index (χ1v) is 7.37. The van der Waals surface area contributed by atoms with Gasteiger partial charge in [0.05, 0.1) is 6.61 Å². The summed E-state index contributed by atoms with van der Waals surface area (Å²) in [6, 6.07) is 16.9. The first-order valence-electron chi connectivity index (χ1n) is 7.37. The lowest BCUT2D eigenvalue weighted by atomic mass is 10.1. The zero-order chi connectivity index (χ0) is 14.2. The van der Waals surface area contributed by atoms with Crippen LogP contribution in [-0.4, -0.2) is 6.61 Å². The Hall–Kier alpha value is -1.96. The van der Waals surface area contributed by atoms with Crippen molar-refractivity contribution in [2.24, 2.45) is 0 Å². The summed E-state index contributed by atoms with van der Waals surface area (Å²) in [4.78, 5) is 0. The largest absolute Gasteiger partial charge is 0.494 e. The highest BCUT2D eigenvalue weighted by molar-refractivity contribution is 5.46. The van der Waals surface area contributed by atoms with E-state index in [1.807, 2.05) is 25.1 Å². The summed E-state index contributed by atoms with van der Waals surface area (Å²) >= 11 is 0. The van der Waals surface area contributed by atoms with Gasteiger partial charge >= 0.3 is 0 Å². The molecule has 2 nitrogen and oxygen atoms in total. The molecule has 2 aromatic carbocycles. The lowest BCUT2D eigenvalue weighted by Gasteiger charge is -2.12. The van der Waals surface area contributed by atoms with Gasteiger partial charge in [-0.3, -0.25) is 0 Å². The molecular formula is C18H23NO. The van der Waals surface area contributed by atoms with Crippen molar-refractivity contribution < 1.29 is 4.74 Å². The zero-order valence-electron chi connectivity index (χ0n) is 12.4. The summed E-state index contributed by atoms with van der Waals surface area (Å²) in [5.74, 6) is 0.963. The maximum absolute atomic E-state index is 5.64. The SMILES string of the molecule is CCCc1ccc(NCc2ccccc2OCC)cc1. The van der Waals surface area contributed by atoms with Crippen molar-refractivity contribution in [3.63, 3.8) is 0 Å². The van der Waals surface area contributed by atoms with Crippen LogP contribution in [0.1, 0.15) is 31.4 Å². The number of hydrogen-bond donors (Lipinski definition) is 1. The van der Waals surface area contributed by atoms with E-state index in [1.54, 1.807) is 0 Å². The standard InChI is InChI=1S/C18H23NO/c1-3-7-15-10-12-17(13-11-15)19-14-16-8-5-6-9-18(16)20-4-2/h5-6,8-13,19H,3-4,7,14H2,1-2H3. The first kappa shape index (κ1) is 14.4. The van der Waals surface area contributed by atoms with Crippen molar-refractivity contribution in [1.29, 1.82) is 0 Å². The number of hydrogen-bond acceptors (Lipinski definition) is 2. The third-order valence-corrected chi connectivity index (χ3v) is 3.25. The molecule has 0 aliphatic heterocycles. The van der Waals surface area contributed by atoms with Gasteiger partial charge in [-0.15, -0.1) is 0 Å². The van der Waals surface area contributed by atoms with Crippen LogP contribution in [0.25, 0.3) is 0 Å². The van der Waals surface area contributed by atoms with Gasteiger partial charge in [-0.25, -0.2) is 0 Å². The van der Waals surface area contributed by atoms with Crippen LogP contribution in [0.3, 0.4) is 0 Å². The second kappa shape index (κ2) is 7.59. The maximum atomic E-state index is 5.64. The van der Waals surface area contributed by atoms with Crippen LogP contribution in [0, 0.1) is 0 Å². The Balaban J connectivity index is 1.97. The van der Waals surface area contributed by atoms with Crippen LogP contribution in [0.15, 0.2) is 48.5 Å². The maximum Gasteiger partial charge on any atom is 0.124 e. The van der Waals surface area contributed by atoms with Crippen molar-refractivity contribution in [2.75, 3.05) is 11.9 Å². The van der Waals surface area contributed by atoms with Crippen molar-refractivity contribution in [2.45, 2.75) is 33.2 Å². The molecule has 0 saturated carbocycles. The molecule has 0 atom stereocenters. The summed E-state index contributed by atoms with van der Waals surface area (Å²) < 4.78 is 5.64. The highest BCUT2D eigenvalue weighted by Crippen LogP contribution is 2.20. The van der Waals surface area contributed by atoms with Crippen LogP contribution in [-0.2, 0) is 13.0 Å². The van der Waals surface area contributed by atoms with Crippen LogP contribution in [0.4, 0.5) is 5.69 Å². The second-order valence-corrected chi connectivity index (χ2v) is 4.84. The predicted molar refractivity (Wildman–Crippen MR) is 85.4 cm³/mol. The molecular weight excluding hydrogens is 246 g/mol. The molecule has 0 spiro atoms. The highest BCUT2D eigenvalue weighted by Gasteiger charge is 2.02. The Morgan fingerprint density at radius 3 is 2.40 bits per heavy atom. The van der Waals surface area contributed by atoms with Gasteiger partial charge < -0.3 is 10.1 Å². The van der Waals surface area contributed by atoms with Gasteiger partial charge in [-0.05, 0) is 37.1 Å². The molecule has 0 aromatic heterocycles. The van der Waals surface area contributed by atoms with Gasteiger partial charge in [-0.2, -0.15) is 0 Å². The summed E-state index contributed by atoms with van der Waals surface area (Å²) in [6.45, 7) is 5.69. The monoisotopic (exact) mass is 269 g/mol. The smallest absolute Gasteiger partial charge is 0.124 e. The molecule has 0 fully saturated rings. The number of ether oxygens (including phenoxy) is 1. The van der Waals surface area contributed by atoms with Gasteiger partial charge in [0.15, 0.2) is 0 Å². The average molecular weight is 269 g/mol. The molecule has 2 heteroatoms. The van der Waals surface area contributed by atoms with E-state index in [4.69, 9.17) is 4.74 Å². The normalized spacial score (nSPS) is 10.3. The minimum absolute atomic E-state index is 0.697. The molecule has 106 valence electrons. The molecule has 2 rings (SSSR count). The van der Waals surface area contributed by atoms with E-state index in [0.717, 1.165) is 24.4 Å². The topological polar surface area (TPSA) is 21.3 Å². The van der Waals surface area contributed by atoms with E-state index in [9.17, 15) is 0 Å². The van der Waals surface area contributed by atoms with Crippen LogP contribution < -0.4 is 10.1 Å². The van der Waals surface area contributed by atoms with Gasteiger partial charge in [0.25, 0.3) is 0 Å². The lowest BCUT2D eigenvalue weighted by Crippen LogP contribution is -2.03. The highest BCUT2D eigenvalue weighted by atomic mass is 16.5. The number of nitrogens with one attached hydrogen (secondary N) is 1. The lowest BCUT2D eigenvalue weighted by molar-refractivity contribution is 0.337. The van der Waals surface area contributed by atoms with Crippen LogP contribution >= 0.6 is 0 Å². The first-order chi connectivity index (χ1) is 9.83. The molecule has 0 amide bonds. The molecule has 0 saturated heterocycles. The van der Waals surface area contributed by atoms with Crippen molar-refractivity contribution >= 4 is 5.69 Å². The minimum atomic E-state index is 0.697. The van der Waals surface area contributed by atoms with Gasteiger partial charge in [-0.1, -0.05) is 43.7 Å². The summed E-state index contributed by atoms with van der Waals surface area (Å²) in [5, 5.41) is 3.45. The van der Waals surface area contributed by atoms with E-state index < -0.39 is 0 Å². The van der Waals surface area contributed by atoms with Gasteiger partial charge in [0.1, 0.15) is 5.75 Å². The Kier molecular flexibility index (Phi) is 5.48. The second-order valence-electron chi connectivity index (χ2n) is 4.84. The van der Waals surface area contributed by atoms with Crippen LogP contribution in [0.5, 0.6) is 5.75 Å². The van der Waals surface area contributed by atoms with Crippen molar-refractivity contribution in [3.8, 4) is 5.75 Å². The fourth-order valence-electron chi connectivity index (χ4n) is 2.22. The summed E-state index contributed by atoms with van der Waals surface area (Å²) in [6.07, 6.45) is 2.34. The van der Waals surface area contributed by atoms with Gasteiger partial charge in [0, 0.05) is 17.8 Å². The van der Waals surface area contributed by atoms with E-state index in [-0.39, 0.29) is 0 Å². The quantitative estimate of drug-likeness (QED) is 0.790. The fraction of sp³-hybridized carbons (Fsp3) is 0.333. The van der Waals surface area contributed by atoms with Gasteiger partial charge in [0.2, 0.25) is 0 Å². The summed E-state index contributed by atoms with van der Waals surface area (Å²) in [7, 11) is 0. The van der Waals surface area contributed by atoms with E-state index in [0.29, 0.717) is 6.61 Å². The third kappa shape index (κ3) is 4.02. The number of para-hydroxylation sites is 1. The number of benzene rings is 2.